The van der Waals surface area contributed by atoms with Gasteiger partial charge in [-0.05, 0) is 17.3 Å². The molecule has 0 rings (SSSR count). The number of allylic oxidation sites excluding steroid dienone is 4. The van der Waals surface area contributed by atoms with E-state index in [1.165, 1.54) is 0 Å². The van der Waals surface area contributed by atoms with Gasteiger partial charge in [0.1, 0.15) is 0 Å². The molecule has 0 nitrogen and oxygen atoms in total. The van der Waals surface area contributed by atoms with Gasteiger partial charge in [-0.3, -0.25) is 0 Å². The van der Waals surface area contributed by atoms with E-state index in [2.05, 4.69) is 65.8 Å². The first-order chi connectivity index (χ1) is 5.71. The molecule has 0 N–H and O–H groups in total. The summed E-state index contributed by atoms with van der Waals surface area (Å²) in [5, 5.41) is 0. The summed E-state index contributed by atoms with van der Waals surface area (Å²) < 4.78 is 0. The zero-order valence-corrected chi connectivity index (χ0v) is 10.0. The maximum absolute atomic E-state index is 2.25. The molecule has 0 atom stereocenters. The van der Waals surface area contributed by atoms with Crippen molar-refractivity contribution in [2.24, 2.45) is 10.8 Å². The summed E-state index contributed by atoms with van der Waals surface area (Å²) in [5.41, 5.74) is 0.706. The third kappa shape index (κ3) is 11.5. The molecule has 0 aliphatic heterocycles. The smallest absolute Gasteiger partial charge is 0.0200 e. The second-order valence-electron chi connectivity index (χ2n) is 5.92. The normalized spacial score (nSPS) is 14.6. The van der Waals surface area contributed by atoms with Crippen LogP contribution in [-0.2, 0) is 0 Å². The van der Waals surface area contributed by atoms with Crippen LogP contribution in [0.5, 0.6) is 0 Å². The Kier molecular flexibility index (Phi) is 4.46. The molecule has 0 saturated carbocycles. The minimum absolute atomic E-state index is 0.298. The molecule has 0 aromatic heterocycles. The fourth-order valence-electron chi connectivity index (χ4n) is 0.844. The average Bonchev–Trinajstić information content (AvgIpc) is 1.81. The summed E-state index contributed by atoms with van der Waals surface area (Å²) in [5.74, 6) is 0. The Labute approximate surface area is 83.7 Å². The third-order valence-electron chi connectivity index (χ3n) is 1.57. The Morgan fingerprint density at radius 2 is 1.38 bits per heavy atom. The third-order valence-corrected chi connectivity index (χ3v) is 1.57. The largest absolute Gasteiger partial charge is 0.0840 e. The maximum Gasteiger partial charge on any atom is -0.0200 e. The SMILES string of the molecule is CC(C)(C)/C=C/C=C\CC(C)(C)C. The van der Waals surface area contributed by atoms with Crippen molar-refractivity contribution in [1.29, 1.82) is 0 Å². The van der Waals surface area contributed by atoms with Gasteiger partial charge in [0.2, 0.25) is 0 Å². The number of rotatable bonds is 2. The quantitative estimate of drug-likeness (QED) is 0.546. The molecule has 0 heterocycles. The zero-order valence-electron chi connectivity index (χ0n) is 10.0. The van der Waals surface area contributed by atoms with E-state index in [0.29, 0.717) is 10.8 Å². The van der Waals surface area contributed by atoms with Gasteiger partial charge in [0, 0.05) is 0 Å². The van der Waals surface area contributed by atoms with Gasteiger partial charge in [0.15, 0.2) is 0 Å². The molecule has 0 aliphatic rings. The fourth-order valence-corrected chi connectivity index (χ4v) is 0.844. The Morgan fingerprint density at radius 3 is 1.77 bits per heavy atom. The second-order valence-corrected chi connectivity index (χ2v) is 5.92. The molecule has 76 valence electrons. The second kappa shape index (κ2) is 4.64. The summed E-state index contributed by atoms with van der Waals surface area (Å²) in [4.78, 5) is 0. The van der Waals surface area contributed by atoms with Crippen LogP contribution in [0.3, 0.4) is 0 Å². The first kappa shape index (κ1) is 12.5. The van der Waals surface area contributed by atoms with E-state index in [4.69, 9.17) is 0 Å². The fraction of sp³-hybridized carbons (Fsp3) is 0.692. The van der Waals surface area contributed by atoms with Crippen LogP contribution in [-0.4, -0.2) is 0 Å². The lowest BCUT2D eigenvalue weighted by Crippen LogP contribution is -2.01. The predicted octanol–water partition coefficient (Wildman–Crippen LogP) is 4.58. The summed E-state index contributed by atoms with van der Waals surface area (Å²) in [7, 11) is 0. The van der Waals surface area contributed by atoms with Crippen molar-refractivity contribution in [3.05, 3.63) is 24.3 Å². The Bertz CT molecular complexity index is 181. The molecule has 13 heavy (non-hydrogen) atoms. The van der Waals surface area contributed by atoms with Crippen LogP contribution in [0.15, 0.2) is 24.3 Å². The Morgan fingerprint density at radius 1 is 0.846 bits per heavy atom. The molecular weight excluding hydrogens is 156 g/mol. The van der Waals surface area contributed by atoms with Gasteiger partial charge in [0.25, 0.3) is 0 Å². The number of hydrogen-bond acceptors (Lipinski definition) is 0. The van der Waals surface area contributed by atoms with Crippen LogP contribution in [0.1, 0.15) is 48.0 Å². The highest BCUT2D eigenvalue weighted by Crippen LogP contribution is 2.19. The van der Waals surface area contributed by atoms with Gasteiger partial charge in [-0.15, -0.1) is 0 Å². The molecule has 0 aromatic carbocycles. The van der Waals surface area contributed by atoms with E-state index in [9.17, 15) is 0 Å². The van der Waals surface area contributed by atoms with Gasteiger partial charge < -0.3 is 0 Å². The van der Waals surface area contributed by atoms with Gasteiger partial charge in [-0.25, -0.2) is 0 Å². The molecule has 0 amide bonds. The van der Waals surface area contributed by atoms with Gasteiger partial charge in [-0.2, -0.15) is 0 Å². The Hall–Kier alpha value is -0.520. The standard InChI is InChI=1S/C13H24/c1-12(2,3)10-8-7-9-11-13(4,5)6/h7-10H,11H2,1-6H3/b9-7-,10-8+. The molecular formula is C13H24. The average molecular weight is 180 g/mol. The van der Waals surface area contributed by atoms with Gasteiger partial charge in [0.05, 0.1) is 0 Å². The van der Waals surface area contributed by atoms with Gasteiger partial charge >= 0.3 is 0 Å². The molecule has 0 bridgehead atoms. The van der Waals surface area contributed by atoms with E-state index in [0.717, 1.165) is 6.42 Å². The summed E-state index contributed by atoms with van der Waals surface area (Å²) >= 11 is 0. The summed E-state index contributed by atoms with van der Waals surface area (Å²) in [6, 6.07) is 0. The van der Waals surface area contributed by atoms with E-state index in [1.807, 2.05) is 0 Å². The summed E-state index contributed by atoms with van der Waals surface area (Å²) in [6.07, 6.45) is 9.90. The molecule has 0 aliphatic carbocycles. The molecule has 0 saturated heterocycles. The highest BCUT2D eigenvalue weighted by Gasteiger charge is 2.06. The van der Waals surface area contributed by atoms with Crippen molar-refractivity contribution >= 4 is 0 Å². The van der Waals surface area contributed by atoms with E-state index in [1.54, 1.807) is 0 Å². The lowest BCUT2D eigenvalue weighted by atomic mass is 9.92. The van der Waals surface area contributed by atoms with Crippen molar-refractivity contribution in [3.63, 3.8) is 0 Å². The van der Waals surface area contributed by atoms with Crippen LogP contribution in [0.2, 0.25) is 0 Å². The van der Waals surface area contributed by atoms with E-state index < -0.39 is 0 Å². The van der Waals surface area contributed by atoms with Crippen LogP contribution in [0.4, 0.5) is 0 Å². The first-order valence-electron chi connectivity index (χ1n) is 5.05. The van der Waals surface area contributed by atoms with Crippen LogP contribution < -0.4 is 0 Å². The molecule has 0 fully saturated rings. The molecule has 0 aromatic rings. The molecule has 0 spiro atoms. The minimum Gasteiger partial charge on any atom is -0.0840 e. The van der Waals surface area contributed by atoms with Crippen molar-refractivity contribution in [1.82, 2.24) is 0 Å². The monoisotopic (exact) mass is 180 g/mol. The van der Waals surface area contributed by atoms with Crippen LogP contribution in [0, 0.1) is 10.8 Å². The minimum atomic E-state index is 0.298. The topological polar surface area (TPSA) is 0 Å². The van der Waals surface area contributed by atoms with Gasteiger partial charge in [-0.1, -0.05) is 65.8 Å². The van der Waals surface area contributed by atoms with Crippen LogP contribution in [0.25, 0.3) is 0 Å². The number of hydrogen-bond donors (Lipinski definition) is 0. The predicted molar refractivity (Wildman–Crippen MR) is 61.8 cm³/mol. The zero-order chi connectivity index (χ0) is 10.5. The van der Waals surface area contributed by atoms with Crippen molar-refractivity contribution < 1.29 is 0 Å². The van der Waals surface area contributed by atoms with Crippen molar-refractivity contribution in [2.75, 3.05) is 0 Å². The summed E-state index contributed by atoms with van der Waals surface area (Å²) in [6.45, 7) is 13.4. The molecule has 0 unspecified atom stereocenters. The van der Waals surface area contributed by atoms with Crippen molar-refractivity contribution in [3.8, 4) is 0 Å². The highest BCUT2D eigenvalue weighted by molar-refractivity contribution is 5.06. The molecule has 0 radical (unpaired) electrons. The lowest BCUT2D eigenvalue weighted by molar-refractivity contribution is 0.420. The lowest BCUT2D eigenvalue weighted by Gasteiger charge is -2.14. The van der Waals surface area contributed by atoms with E-state index in [-0.39, 0.29) is 0 Å². The maximum atomic E-state index is 2.25. The molecule has 0 heteroatoms. The first-order valence-corrected chi connectivity index (χ1v) is 5.05. The Balaban J connectivity index is 3.84. The highest BCUT2D eigenvalue weighted by atomic mass is 14.1. The van der Waals surface area contributed by atoms with E-state index >= 15 is 0 Å². The van der Waals surface area contributed by atoms with Crippen LogP contribution >= 0.6 is 0 Å². The van der Waals surface area contributed by atoms with Crippen molar-refractivity contribution in [2.45, 2.75) is 48.0 Å².